The Morgan fingerprint density at radius 1 is 1.58 bits per heavy atom. The van der Waals surface area contributed by atoms with Gasteiger partial charge in [-0.05, 0) is 13.0 Å². The Balaban J connectivity index is 2.88. The molecule has 1 rings (SSSR count). The molecule has 0 atom stereocenters. The molecule has 0 saturated heterocycles. The summed E-state index contributed by atoms with van der Waals surface area (Å²) >= 11 is 0. The lowest BCUT2D eigenvalue weighted by Crippen LogP contribution is -1.89. The molecule has 0 saturated carbocycles. The summed E-state index contributed by atoms with van der Waals surface area (Å²) in [5.74, 6) is 0.478. The van der Waals surface area contributed by atoms with Gasteiger partial charge in [-0.1, -0.05) is 6.07 Å². The van der Waals surface area contributed by atoms with Crippen molar-refractivity contribution in [1.29, 1.82) is 0 Å². The second kappa shape index (κ2) is 3.71. The Morgan fingerprint density at radius 2 is 2.33 bits per heavy atom. The smallest absolute Gasteiger partial charge is 0.273 e. The van der Waals surface area contributed by atoms with Crippen LogP contribution in [0.5, 0.6) is 5.75 Å². The van der Waals surface area contributed by atoms with Crippen LogP contribution in [-0.4, -0.2) is 4.92 Å². The van der Waals surface area contributed by atoms with Crippen LogP contribution in [0.2, 0.25) is 0 Å². The number of nitrogens with zero attached hydrogens (tertiary/aromatic N) is 1. The summed E-state index contributed by atoms with van der Waals surface area (Å²) in [6.07, 6.45) is 0. The number of nitro benzene ring substituents is 1. The first-order valence-electron chi connectivity index (χ1n) is 3.43. The third-order valence-corrected chi connectivity index (χ3v) is 1.28. The van der Waals surface area contributed by atoms with E-state index in [-0.39, 0.29) is 5.69 Å². The van der Waals surface area contributed by atoms with Crippen molar-refractivity contribution >= 4 is 5.69 Å². The van der Waals surface area contributed by atoms with Gasteiger partial charge < -0.3 is 4.74 Å². The molecular formula is C8H8NO3. The molecule has 0 spiro atoms. The quantitative estimate of drug-likeness (QED) is 0.510. The minimum absolute atomic E-state index is 0.0364. The van der Waals surface area contributed by atoms with Crippen LogP contribution in [-0.2, 0) is 0 Å². The Bertz CT molecular complexity index is 285. The van der Waals surface area contributed by atoms with E-state index in [0.29, 0.717) is 5.75 Å². The maximum Gasteiger partial charge on any atom is 0.273 e. The zero-order valence-corrected chi connectivity index (χ0v) is 6.56. The van der Waals surface area contributed by atoms with E-state index < -0.39 is 4.92 Å². The van der Waals surface area contributed by atoms with Crippen molar-refractivity contribution in [3.63, 3.8) is 0 Å². The molecule has 0 heterocycles. The number of ether oxygens (including phenoxy) is 1. The second-order valence-electron chi connectivity index (χ2n) is 2.11. The predicted octanol–water partition coefficient (Wildman–Crippen LogP) is 2.16. The number of hydrogen-bond acceptors (Lipinski definition) is 3. The summed E-state index contributed by atoms with van der Waals surface area (Å²) in [5, 5.41) is 10.3. The zero-order valence-electron chi connectivity index (χ0n) is 6.56. The standard InChI is InChI=1S/C8H8NO3/c1-2-12-8-5-3-4-7(6-8)9(10)11/h2-6H,1H3. The normalized spacial score (nSPS) is 9.42. The molecule has 1 aromatic carbocycles. The Morgan fingerprint density at radius 3 is 2.92 bits per heavy atom. The SMILES string of the molecule is C[CH]Oc1cccc([N+](=O)[O-])c1. The van der Waals surface area contributed by atoms with Gasteiger partial charge in [-0.15, -0.1) is 0 Å². The number of benzene rings is 1. The lowest BCUT2D eigenvalue weighted by molar-refractivity contribution is -0.384. The first-order valence-corrected chi connectivity index (χ1v) is 3.43. The van der Waals surface area contributed by atoms with Crippen molar-refractivity contribution in [1.82, 2.24) is 0 Å². The molecule has 0 aliphatic rings. The minimum Gasteiger partial charge on any atom is -0.487 e. The molecule has 1 aromatic rings. The van der Waals surface area contributed by atoms with Crippen LogP contribution in [0.1, 0.15) is 6.92 Å². The summed E-state index contributed by atoms with van der Waals surface area (Å²) < 4.78 is 4.97. The summed E-state index contributed by atoms with van der Waals surface area (Å²) in [6.45, 7) is 3.18. The van der Waals surface area contributed by atoms with Crippen molar-refractivity contribution in [3.05, 3.63) is 41.0 Å². The van der Waals surface area contributed by atoms with Gasteiger partial charge in [-0.3, -0.25) is 10.1 Å². The van der Waals surface area contributed by atoms with Gasteiger partial charge in [0, 0.05) is 6.07 Å². The fourth-order valence-corrected chi connectivity index (χ4v) is 0.806. The van der Waals surface area contributed by atoms with Crippen LogP contribution in [0.25, 0.3) is 0 Å². The topological polar surface area (TPSA) is 52.4 Å². The highest BCUT2D eigenvalue weighted by Crippen LogP contribution is 2.19. The third kappa shape index (κ3) is 1.95. The van der Waals surface area contributed by atoms with E-state index in [1.54, 1.807) is 19.1 Å². The molecular weight excluding hydrogens is 158 g/mol. The van der Waals surface area contributed by atoms with Crippen molar-refractivity contribution in [2.24, 2.45) is 0 Å². The fourth-order valence-electron chi connectivity index (χ4n) is 0.806. The van der Waals surface area contributed by atoms with E-state index in [0.717, 1.165) is 0 Å². The van der Waals surface area contributed by atoms with Gasteiger partial charge in [0.2, 0.25) is 0 Å². The highest BCUT2D eigenvalue weighted by molar-refractivity contribution is 5.38. The molecule has 0 aliphatic carbocycles. The molecule has 0 bridgehead atoms. The Kier molecular flexibility index (Phi) is 2.63. The van der Waals surface area contributed by atoms with Gasteiger partial charge in [0.05, 0.1) is 11.0 Å². The molecule has 0 N–H and O–H groups in total. The van der Waals surface area contributed by atoms with Crippen molar-refractivity contribution in [2.45, 2.75) is 6.92 Å². The first kappa shape index (κ1) is 8.52. The fraction of sp³-hybridized carbons (Fsp3) is 0.125. The van der Waals surface area contributed by atoms with Gasteiger partial charge in [-0.25, -0.2) is 0 Å². The zero-order chi connectivity index (χ0) is 8.97. The summed E-state index contributed by atoms with van der Waals surface area (Å²) in [5.41, 5.74) is 0.0364. The van der Waals surface area contributed by atoms with E-state index in [1.165, 1.54) is 18.7 Å². The van der Waals surface area contributed by atoms with Crippen molar-refractivity contribution in [3.8, 4) is 5.75 Å². The number of hydrogen-bond donors (Lipinski definition) is 0. The third-order valence-electron chi connectivity index (χ3n) is 1.28. The molecule has 0 fully saturated rings. The van der Waals surface area contributed by atoms with Crippen LogP contribution in [0.3, 0.4) is 0 Å². The van der Waals surface area contributed by atoms with E-state index in [1.807, 2.05) is 0 Å². The number of non-ortho nitro benzene ring substituents is 1. The molecule has 0 amide bonds. The lowest BCUT2D eigenvalue weighted by Gasteiger charge is -1.99. The van der Waals surface area contributed by atoms with E-state index in [4.69, 9.17) is 4.74 Å². The van der Waals surface area contributed by atoms with Crippen LogP contribution in [0.4, 0.5) is 5.69 Å². The predicted molar refractivity (Wildman–Crippen MR) is 43.7 cm³/mol. The van der Waals surface area contributed by atoms with Crippen LogP contribution in [0, 0.1) is 16.7 Å². The van der Waals surface area contributed by atoms with Crippen LogP contribution >= 0.6 is 0 Å². The number of rotatable bonds is 3. The highest BCUT2D eigenvalue weighted by atomic mass is 16.6. The number of nitro groups is 1. The summed E-state index contributed by atoms with van der Waals surface area (Å²) in [6, 6.07) is 6.03. The van der Waals surface area contributed by atoms with Gasteiger partial charge in [0.1, 0.15) is 12.4 Å². The molecule has 0 aliphatic heterocycles. The van der Waals surface area contributed by atoms with Crippen molar-refractivity contribution in [2.75, 3.05) is 0 Å². The average Bonchev–Trinajstić information content (AvgIpc) is 2.05. The van der Waals surface area contributed by atoms with Crippen LogP contribution in [0.15, 0.2) is 24.3 Å². The van der Waals surface area contributed by atoms with E-state index in [2.05, 4.69) is 0 Å². The van der Waals surface area contributed by atoms with E-state index in [9.17, 15) is 10.1 Å². The van der Waals surface area contributed by atoms with Gasteiger partial charge in [0.15, 0.2) is 0 Å². The molecule has 12 heavy (non-hydrogen) atoms. The highest BCUT2D eigenvalue weighted by Gasteiger charge is 2.04. The van der Waals surface area contributed by atoms with Gasteiger partial charge in [-0.2, -0.15) is 0 Å². The summed E-state index contributed by atoms with van der Waals surface area (Å²) in [4.78, 5) is 9.84. The first-order chi connectivity index (χ1) is 5.74. The van der Waals surface area contributed by atoms with E-state index >= 15 is 0 Å². The maximum absolute atomic E-state index is 10.3. The molecule has 1 radical (unpaired) electrons. The van der Waals surface area contributed by atoms with Gasteiger partial charge >= 0.3 is 0 Å². The van der Waals surface area contributed by atoms with Crippen molar-refractivity contribution < 1.29 is 9.66 Å². The molecule has 4 heteroatoms. The summed E-state index contributed by atoms with van der Waals surface area (Å²) in [7, 11) is 0. The maximum atomic E-state index is 10.3. The second-order valence-corrected chi connectivity index (χ2v) is 2.11. The average molecular weight is 166 g/mol. The Hall–Kier alpha value is -1.58. The molecule has 63 valence electrons. The monoisotopic (exact) mass is 166 g/mol. The molecule has 0 aromatic heterocycles. The van der Waals surface area contributed by atoms with Crippen LogP contribution < -0.4 is 4.74 Å². The molecule has 4 nitrogen and oxygen atoms in total. The minimum atomic E-state index is -0.456. The largest absolute Gasteiger partial charge is 0.487 e. The Labute approximate surface area is 69.9 Å². The molecule has 0 unspecified atom stereocenters. The van der Waals surface area contributed by atoms with Gasteiger partial charge in [0.25, 0.3) is 5.69 Å². The lowest BCUT2D eigenvalue weighted by atomic mass is 10.3.